The van der Waals surface area contributed by atoms with Gasteiger partial charge < -0.3 is 5.32 Å². The molecule has 0 aromatic carbocycles. The van der Waals surface area contributed by atoms with Crippen molar-refractivity contribution < 1.29 is 13.2 Å². The number of hydrogen-bond donors (Lipinski definition) is 1. The molecule has 1 rings (SSSR count). The fourth-order valence-corrected chi connectivity index (χ4v) is 1.17. The Morgan fingerprint density at radius 2 is 2.08 bits per heavy atom. The van der Waals surface area contributed by atoms with Crippen LogP contribution < -0.4 is 5.32 Å². The summed E-state index contributed by atoms with van der Waals surface area (Å²) in [6, 6.07) is 0. The molecule has 2 nitrogen and oxygen atoms in total. The van der Waals surface area contributed by atoms with Gasteiger partial charge in [0.1, 0.15) is 5.69 Å². The average Bonchev–Trinajstić information content (AvgIpc) is 2.55. The molecule has 0 fully saturated rings. The summed E-state index contributed by atoms with van der Waals surface area (Å²) in [5.74, 6) is 0. The molecule has 70 valence electrons. The maximum absolute atomic E-state index is 11.8. The van der Waals surface area contributed by atoms with Gasteiger partial charge in [0.25, 0.3) is 6.43 Å². The van der Waals surface area contributed by atoms with Gasteiger partial charge in [0.15, 0.2) is 5.13 Å². The highest BCUT2D eigenvalue weighted by molar-refractivity contribution is 7.13. The number of rotatable bonds is 2. The van der Waals surface area contributed by atoms with Gasteiger partial charge in [-0.1, -0.05) is 0 Å². The molecule has 0 atom stereocenters. The fourth-order valence-electron chi connectivity index (χ4n) is 0.501. The molecule has 0 spiro atoms. The zero-order valence-corrected chi connectivity index (χ0v) is 7.46. The molecule has 1 aromatic rings. The Labute approximate surface area is 72.4 Å². The van der Waals surface area contributed by atoms with E-state index in [-0.39, 0.29) is 5.69 Å². The van der Waals surface area contributed by atoms with E-state index in [0.29, 0.717) is 12.3 Å². The smallest absolute Gasteiger partial charge is 0.281 e. The fraction of sp³-hybridized carbons (Fsp3) is 0.500. The summed E-state index contributed by atoms with van der Waals surface area (Å²) >= 11 is 1.18. The van der Waals surface area contributed by atoms with Crippen LogP contribution in [0.2, 0.25) is 0 Å². The molecule has 1 aromatic heterocycles. The third-order valence-electron chi connectivity index (χ3n) is 0.959. The number of thiazole rings is 1. The Bertz CT molecular complexity index is 214. The van der Waals surface area contributed by atoms with E-state index < -0.39 is 6.43 Å². The van der Waals surface area contributed by atoms with Crippen LogP contribution in [0.1, 0.15) is 12.1 Å². The van der Waals surface area contributed by atoms with Gasteiger partial charge in [-0.15, -0.1) is 11.3 Å². The molecule has 12 heavy (non-hydrogen) atoms. The van der Waals surface area contributed by atoms with E-state index in [0.717, 1.165) is 0 Å². The third kappa shape index (κ3) is 3.08. The Morgan fingerprint density at radius 3 is 2.33 bits per heavy atom. The van der Waals surface area contributed by atoms with E-state index in [2.05, 4.69) is 10.3 Å². The number of aromatic nitrogens is 1. The van der Waals surface area contributed by atoms with Crippen molar-refractivity contribution in [2.45, 2.75) is 6.43 Å². The molecule has 0 aliphatic carbocycles. The van der Waals surface area contributed by atoms with Crippen LogP contribution in [0.25, 0.3) is 0 Å². The first-order valence-electron chi connectivity index (χ1n) is 3.03. The largest absolute Gasteiger partial charge is 0.365 e. The molecule has 0 amide bonds. The van der Waals surface area contributed by atoms with Gasteiger partial charge in [-0.3, -0.25) is 4.39 Å². The first kappa shape index (κ1) is 11.2. The van der Waals surface area contributed by atoms with Gasteiger partial charge in [0.05, 0.1) is 7.18 Å². The predicted octanol–water partition coefficient (Wildman–Crippen LogP) is 2.71. The highest BCUT2D eigenvalue weighted by Gasteiger charge is 2.10. The van der Waals surface area contributed by atoms with Crippen molar-refractivity contribution in [2.24, 2.45) is 0 Å². The number of nitrogens with one attached hydrogen (secondary N) is 1. The minimum atomic E-state index is -2.46. The van der Waals surface area contributed by atoms with Crippen LogP contribution in [0.3, 0.4) is 0 Å². The van der Waals surface area contributed by atoms with Crippen molar-refractivity contribution in [3.63, 3.8) is 0 Å². The second kappa shape index (κ2) is 5.82. The van der Waals surface area contributed by atoms with E-state index >= 15 is 0 Å². The first-order chi connectivity index (χ1) is 5.74. The first-order valence-corrected chi connectivity index (χ1v) is 3.91. The zero-order valence-electron chi connectivity index (χ0n) is 6.64. The van der Waals surface area contributed by atoms with Gasteiger partial charge >= 0.3 is 0 Å². The third-order valence-corrected chi connectivity index (χ3v) is 1.84. The van der Waals surface area contributed by atoms with Gasteiger partial charge in [0.2, 0.25) is 0 Å². The van der Waals surface area contributed by atoms with Crippen LogP contribution >= 0.6 is 11.3 Å². The Balaban J connectivity index is 0.000000561. The van der Waals surface area contributed by atoms with Crippen molar-refractivity contribution in [2.75, 3.05) is 19.5 Å². The second-order valence-electron chi connectivity index (χ2n) is 1.63. The van der Waals surface area contributed by atoms with Crippen LogP contribution in [-0.4, -0.2) is 19.2 Å². The molecule has 0 radical (unpaired) electrons. The lowest BCUT2D eigenvalue weighted by Gasteiger charge is -1.89. The second-order valence-corrected chi connectivity index (χ2v) is 2.49. The molecule has 0 unspecified atom stereocenters. The zero-order chi connectivity index (χ0) is 9.56. The number of anilines is 1. The van der Waals surface area contributed by atoms with Crippen LogP contribution in [0.5, 0.6) is 0 Å². The molecule has 1 heterocycles. The van der Waals surface area contributed by atoms with Crippen LogP contribution in [0, 0.1) is 0 Å². The Kier molecular flexibility index (Phi) is 5.44. The van der Waals surface area contributed by atoms with E-state index in [4.69, 9.17) is 0 Å². The number of hydrogen-bond acceptors (Lipinski definition) is 3. The molecular weight excluding hydrogens is 189 g/mol. The molecule has 0 saturated heterocycles. The van der Waals surface area contributed by atoms with Gasteiger partial charge in [0, 0.05) is 12.4 Å². The monoisotopic (exact) mass is 198 g/mol. The highest BCUT2D eigenvalue weighted by Crippen LogP contribution is 2.23. The molecular formula is C6H9F3N2S. The predicted molar refractivity (Wildman–Crippen MR) is 43.6 cm³/mol. The van der Waals surface area contributed by atoms with Crippen molar-refractivity contribution in [3.8, 4) is 0 Å². The standard InChI is InChI=1S/C5H6F2N2S.CH3F/c1-8-5-9-3(2-10-5)4(6)7;1-2/h2,4H,1H3,(H,8,9);1H3. The lowest BCUT2D eigenvalue weighted by molar-refractivity contribution is 0.147. The van der Waals surface area contributed by atoms with Crippen LogP contribution in [-0.2, 0) is 0 Å². The summed E-state index contributed by atoms with van der Waals surface area (Å²) in [6.07, 6.45) is -2.46. The average molecular weight is 198 g/mol. The quantitative estimate of drug-likeness (QED) is 0.790. The van der Waals surface area contributed by atoms with E-state index in [9.17, 15) is 13.2 Å². The van der Waals surface area contributed by atoms with Crippen molar-refractivity contribution in [1.82, 2.24) is 4.98 Å². The summed E-state index contributed by atoms with van der Waals surface area (Å²) in [5.41, 5.74) is -0.158. The lowest BCUT2D eigenvalue weighted by Crippen LogP contribution is -1.88. The number of nitrogens with zero attached hydrogens (tertiary/aromatic N) is 1. The summed E-state index contributed by atoms with van der Waals surface area (Å²) in [7, 11) is 2.15. The summed E-state index contributed by atoms with van der Waals surface area (Å²) in [5, 5.41) is 4.54. The summed E-state index contributed by atoms with van der Waals surface area (Å²) < 4.78 is 33.2. The molecule has 0 saturated carbocycles. The van der Waals surface area contributed by atoms with Gasteiger partial charge in [-0.2, -0.15) is 0 Å². The highest BCUT2D eigenvalue weighted by atomic mass is 32.1. The van der Waals surface area contributed by atoms with Crippen molar-refractivity contribution in [1.29, 1.82) is 0 Å². The number of halogens is 3. The van der Waals surface area contributed by atoms with E-state index in [1.165, 1.54) is 16.7 Å². The SMILES string of the molecule is CF.CNc1nc(C(F)F)cs1. The Morgan fingerprint density at radius 1 is 1.50 bits per heavy atom. The van der Waals surface area contributed by atoms with Crippen LogP contribution in [0.15, 0.2) is 5.38 Å². The van der Waals surface area contributed by atoms with E-state index in [1.807, 2.05) is 0 Å². The van der Waals surface area contributed by atoms with E-state index in [1.54, 1.807) is 7.05 Å². The molecule has 1 N–H and O–H groups in total. The van der Waals surface area contributed by atoms with Gasteiger partial charge in [-0.05, 0) is 0 Å². The topological polar surface area (TPSA) is 24.9 Å². The maximum Gasteiger partial charge on any atom is 0.281 e. The van der Waals surface area contributed by atoms with Gasteiger partial charge in [-0.25, -0.2) is 13.8 Å². The molecule has 0 aliphatic heterocycles. The molecule has 6 heteroatoms. The van der Waals surface area contributed by atoms with Crippen LogP contribution in [0.4, 0.5) is 18.3 Å². The summed E-state index contributed by atoms with van der Waals surface area (Å²) in [4.78, 5) is 3.59. The minimum Gasteiger partial charge on any atom is -0.365 e. The molecule has 0 bridgehead atoms. The molecule has 0 aliphatic rings. The van der Waals surface area contributed by atoms with Crippen molar-refractivity contribution >= 4 is 16.5 Å². The van der Waals surface area contributed by atoms with Crippen molar-refractivity contribution in [3.05, 3.63) is 11.1 Å². The lowest BCUT2D eigenvalue weighted by atomic mass is 10.5. The summed E-state index contributed by atoms with van der Waals surface area (Å²) in [6.45, 7) is 0. The minimum absolute atomic E-state index is 0.158. The normalized spacial score (nSPS) is 9.17. The maximum atomic E-state index is 11.8. The number of alkyl halides is 3. The Hall–Kier alpha value is -0.780.